The van der Waals surface area contributed by atoms with E-state index in [1.807, 2.05) is 25.2 Å². The number of hydrogen-bond acceptors (Lipinski definition) is 3. The number of rotatable bonds is 8. The van der Waals surface area contributed by atoms with Crippen molar-refractivity contribution in [2.75, 3.05) is 33.3 Å². The molecular formula is C19H30N4O. The van der Waals surface area contributed by atoms with Crippen molar-refractivity contribution in [1.82, 2.24) is 15.5 Å². The van der Waals surface area contributed by atoms with Crippen LogP contribution in [0.5, 0.6) is 5.75 Å². The lowest BCUT2D eigenvalue weighted by Crippen LogP contribution is -2.44. The number of likely N-dealkylation sites (tertiary alicyclic amines) is 1. The zero-order valence-electron chi connectivity index (χ0n) is 14.9. The van der Waals surface area contributed by atoms with E-state index in [0.717, 1.165) is 30.4 Å². The number of ether oxygens (including phenoxy) is 1. The third kappa shape index (κ3) is 5.27. The van der Waals surface area contributed by atoms with Crippen molar-refractivity contribution in [3.05, 3.63) is 42.5 Å². The average molecular weight is 330 g/mol. The Labute approximate surface area is 145 Å². The molecule has 1 heterocycles. The van der Waals surface area contributed by atoms with E-state index in [4.69, 9.17) is 4.74 Å². The average Bonchev–Trinajstić information content (AvgIpc) is 3.08. The van der Waals surface area contributed by atoms with Gasteiger partial charge < -0.3 is 15.4 Å². The molecular weight excluding hydrogens is 300 g/mol. The number of nitrogens with one attached hydrogen (secondary N) is 2. The van der Waals surface area contributed by atoms with Crippen molar-refractivity contribution in [3.63, 3.8) is 0 Å². The highest BCUT2D eigenvalue weighted by molar-refractivity contribution is 5.79. The second-order valence-corrected chi connectivity index (χ2v) is 5.94. The highest BCUT2D eigenvalue weighted by Gasteiger charge is 2.22. The molecule has 0 aliphatic carbocycles. The molecule has 1 atom stereocenters. The van der Waals surface area contributed by atoms with Gasteiger partial charge in [0.2, 0.25) is 0 Å². The summed E-state index contributed by atoms with van der Waals surface area (Å²) < 4.78 is 5.70. The van der Waals surface area contributed by atoms with Gasteiger partial charge in [0.25, 0.3) is 0 Å². The maximum atomic E-state index is 5.70. The summed E-state index contributed by atoms with van der Waals surface area (Å²) in [5.74, 6) is 1.71. The lowest BCUT2D eigenvalue weighted by molar-refractivity contribution is 0.267. The minimum atomic E-state index is 0.512. The molecule has 0 bridgehead atoms. The lowest BCUT2D eigenvalue weighted by Gasteiger charge is -2.24. The first-order chi connectivity index (χ1) is 11.8. The van der Waals surface area contributed by atoms with E-state index in [1.165, 1.54) is 19.4 Å². The Morgan fingerprint density at radius 3 is 3.00 bits per heavy atom. The zero-order chi connectivity index (χ0) is 17.2. The predicted octanol–water partition coefficient (Wildman–Crippen LogP) is 2.40. The van der Waals surface area contributed by atoms with Gasteiger partial charge in [0.05, 0.1) is 0 Å². The molecule has 24 heavy (non-hydrogen) atoms. The fourth-order valence-corrected chi connectivity index (χ4v) is 3.10. The maximum absolute atomic E-state index is 5.70. The lowest BCUT2D eigenvalue weighted by atomic mass is 10.2. The van der Waals surface area contributed by atoms with Crippen molar-refractivity contribution < 1.29 is 4.74 Å². The van der Waals surface area contributed by atoms with Crippen LogP contribution in [0.2, 0.25) is 0 Å². The van der Waals surface area contributed by atoms with Crippen LogP contribution in [-0.4, -0.2) is 50.2 Å². The topological polar surface area (TPSA) is 48.9 Å². The molecule has 1 saturated heterocycles. The summed E-state index contributed by atoms with van der Waals surface area (Å²) in [6.07, 6.45) is 4.31. The molecule has 1 aliphatic heterocycles. The summed E-state index contributed by atoms with van der Waals surface area (Å²) in [7, 11) is 1.81. The number of aliphatic imine (C=N–C) groups is 1. The van der Waals surface area contributed by atoms with Gasteiger partial charge in [-0.05, 0) is 32.0 Å². The fourth-order valence-electron chi connectivity index (χ4n) is 3.10. The minimum absolute atomic E-state index is 0.512. The quantitative estimate of drug-likeness (QED) is 0.437. The Kier molecular flexibility index (Phi) is 7.62. The molecule has 5 nitrogen and oxygen atoms in total. The van der Waals surface area contributed by atoms with Gasteiger partial charge in [0.1, 0.15) is 12.4 Å². The number of para-hydroxylation sites is 1. The van der Waals surface area contributed by atoms with Gasteiger partial charge in [0, 0.05) is 31.7 Å². The van der Waals surface area contributed by atoms with Crippen LogP contribution in [0.15, 0.2) is 41.9 Å². The van der Waals surface area contributed by atoms with Crippen LogP contribution in [0.25, 0.3) is 0 Å². The van der Waals surface area contributed by atoms with Crippen molar-refractivity contribution in [1.29, 1.82) is 0 Å². The van der Waals surface area contributed by atoms with E-state index in [-0.39, 0.29) is 0 Å². The second kappa shape index (κ2) is 9.98. The van der Waals surface area contributed by atoms with Crippen molar-refractivity contribution in [2.45, 2.75) is 32.4 Å². The van der Waals surface area contributed by atoms with Crippen LogP contribution in [0.3, 0.4) is 0 Å². The number of nitrogens with zero attached hydrogens (tertiary/aromatic N) is 2. The summed E-state index contributed by atoms with van der Waals surface area (Å²) in [5.41, 5.74) is 1.11. The molecule has 1 aromatic carbocycles. The summed E-state index contributed by atoms with van der Waals surface area (Å²) in [6.45, 7) is 10.4. The van der Waals surface area contributed by atoms with E-state index in [2.05, 4.69) is 40.1 Å². The van der Waals surface area contributed by atoms with E-state index in [0.29, 0.717) is 19.2 Å². The standard InChI is InChI=1S/C19H30N4O/c1-4-13-24-18-11-7-6-9-16(18)14-21-19(20-3)22-15-17-10-8-12-23(17)5-2/h4,6-7,9,11,17H,1,5,8,10,12-15H2,2-3H3,(H2,20,21,22). The molecule has 2 rings (SSSR count). The number of benzene rings is 1. The molecule has 1 fully saturated rings. The Morgan fingerprint density at radius 1 is 1.42 bits per heavy atom. The highest BCUT2D eigenvalue weighted by Crippen LogP contribution is 2.18. The SMILES string of the molecule is C=CCOc1ccccc1CNC(=NC)NCC1CCCN1CC. The predicted molar refractivity (Wildman–Crippen MR) is 101 cm³/mol. The first-order valence-corrected chi connectivity index (χ1v) is 8.78. The third-order valence-corrected chi connectivity index (χ3v) is 4.41. The third-order valence-electron chi connectivity index (χ3n) is 4.41. The molecule has 0 amide bonds. The zero-order valence-corrected chi connectivity index (χ0v) is 14.9. The van der Waals surface area contributed by atoms with Crippen LogP contribution >= 0.6 is 0 Å². The first kappa shape index (κ1) is 18.3. The molecule has 132 valence electrons. The Bertz CT molecular complexity index is 544. The summed E-state index contributed by atoms with van der Waals surface area (Å²) >= 11 is 0. The number of guanidine groups is 1. The van der Waals surface area contributed by atoms with Gasteiger partial charge in [-0.3, -0.25) is 9.89 Å². The molecule has 1 unspecified atom stereocenters. The molecule has 0 saturated carbocycles. The number of hydrogen-bond donors (Lipinski definition) is 2. The van der Waals surface area contributed by atoms with Crippen LogP contribution in [0.1, 0.15) is 25.3 Å². The highest BCUT2D eigenvalue weighted by atomic mass is 16.5. The van der Waals surface area contributed by atoms with Crippen molar-refractivity contribution in [3.8, 4) is 5.75 Å². The first-order valence-electron chi connectivity index (χ1n) is 8.78. The summed E-state index contributed by atoms with van der Waals surface area (Å²) in [5, 5.41) is 6.82. The monoisotopic (exact) mass is 330 g/mol. The molecule has 1 aromatic rings. The van der Waals surface area contributed by atoms with Crippen LogP contribution in [0.4, 0.5) is 0 Å². The normalized spacial score (nSPS) is 18.4. The smallest absolute Gasteiger partial charge is 0.191 e. The Hall–Kier alpha value is -2.01. The number of likely N-dealkylation sites (N-methyl/N-ethyl adjacent to an activating group) is 1. The molecule has 0 radical (unpaired) electrons. The van der Waals surface area contributed by atoms with E-state index in [9.17, 15) is 0 Å². The van der Waals surface area contributed by atoms with Crippen LogP contribution in [-0.2, 0) is 6.54 Å². The molecule has 2 N–H and O–H groups in total. The van der Waals surface area contributed by atoms with Gasteiger partial charge in [-0.1, -0.05) is 37.8 Å². The van der Waals surface area contributed by atoms with Crippen molar-refractivity contribution >= 4 is 5.96 Å². The molecule has 0 spiro atoms. The van der Waals surface area contributed by atoms with Gasteiger partial charge >= 0.3 is 0 Å². The summed E-state index contributed by atoms with van der Waals surface area (Å²) in [4.78, 5) is 6.85. The largest absolute Gasteiger partial charge is 0.489 e. The van der Waals surface area contributed by atoms with Crippen LogP contribution in [0, 0.1) is 0 Å². The molecule has 1 aliphatic rings. The fraction of sp³-hybridized carbons (Fsp3) is 0.526. The maximum Gasteiger partial charge on any atom is 0.191 e. The van der Waals surface area contributed by atoms with E-state index < -0.39 is 0 Å². The minimum Gasteiger partial charge on any atom is -0.489 e. The van der Waals surface area contributed by atoms with Crippen molar-refractivity contribution in [2.24, 2.45) is 4.99 Å². The van der Waals surface area contributed by atoms with E-state index in [1.54, 1.807) is 6.08 Å². The van der Waals surface area contributed by atoms with Gasteiger partial charge in [0.15, 0.2) is 5.96 Å². The Balaban J connectivity index is 1.84. The van der Waals surface area contributed by atoms with Crippen LogP contribution < -0.4 is 15.4 Å². The Morgan fingerprint density at radius 2 is 2.25 bits per heavy atom. The molecule has 0 aromatic heterocycles. The second-order valence-electron chi connectivity index (χ2n) is 5.94. The van der Waals surface area contributed by atoms with Gasteiger partial charge in [-0.25, -0.2) is 0 Å². The van der Waals surface area contributed by atoms with Gasteiger partial charge in [-0.2, -0.15) is 0 Å². The van der Waals surface area contributed by atoms with Gasteiger partial charge in [-0.15, -0.1) is 0 Å². The van der Waals surface area contributed by atoms with E-state index >= 15 is 0 Å². The molecule has 5 heteroatoms. The summed E-state index contributed by atoms with van der Waals surface area (Å²) in [6, 6.07) is 8.65.